The van der Waals surface area contributed by atoms with E-state index in [2.05, 4.69) is 5.32 Å². The van der Waals surface area contributed by atoms with Gasteiger partial charge in [0.25, 0.3) is 11.6 Å². The molecule has 21 heavy (non-hydrogen) atoms. The molecule has 0 saturated carbocycles. The Hall–Kier alpha value is -2.15. The number of amides is 1. The van der Waals surface area contributed by atoms with E-state index < -0.39 is 10.8 Å². The highest BCUT2D eigenvalue weighted by Gasteiger charge is 2.21. The Labute approximate surface area is 123 Å². The molecule has 0 radical (unpaired) electrons. The number of nitrogens with zero attached hydrogens (tertiary/aromatic N) is 1. The highest BCUT2D eigenvalue weighted by atomic mass is 16.6. The molecular weight excluding hydrogens is 276 g/mol. The molecule has 7 nitrogen and oxygen atoms in total. The summed E-state index contributed by atoms with van der Waals surface area (Å²) in [4.78, 5) is 22.5. The lowest BCUT2D eigenvalue weighted by Crippen LogP contribution is -2.39. The molecule has 0 aliphatic rings. The zero-order valence-corrected chi connectivity index (χ0v) is 12.3. The maximum absolute atomic E-state index is 12.3. The molecule has 1 rings (SSSR count). The molecule has 0 aromatic heterocycles. The maximum Gasteiger partial charge on any atom is 0.270 e. The highest BCUT2D eigenvalue weighted by molar-refractivity contribution is 5.97. The molecule has 1 atom stereocenters. The third-order valence-electron chi connectivity index (χ3n) is 3.20. The minimum atomic E-state index is -0.566. The van der Waals surface area contributed by atoms with Crippen LogP contribution in [-0.2, 0) is 0 Å². The van der Waals surface area contributed by atoms with Crippen LogP contribution >= 0.6 is 0 Å². The Bertz CT molecular complexity index is 516. The van der Waals surface area contributed by atoms with Gasteiger partial charge in [0.2, 0.25) is 0 Å². The van der Waals surface area contributed by atoms with Crippen molar-refractivity contribution < 1.29 is 19.6 Å². The van der Waals surface area contributed by atoms with Gasteiger partial charge >= 0.3 is 0 Å². The van der Waals surface area contributed by atoms with Crippen LogP contribution in [0.4, 0.5) is 5.69 Å². The number of methoxy groups -OCH3 is 1. The third kappa shape index (κ3) is 4.42. The number of carbonyl (C=O) groups is 1. The number of carbonyl (C=O) groups excluding carboxylic acids is 1. The standard InChI is InChI=1S/C14H20N2O5/c1-9(2)12(6-7-17)15-14(18)11-8-10(16(19)20)4-5-13(11)21-3/h4-5,8-9,12,17H,6-7H2,1-3H3,(H,15,18). The third-order valence-corrected chi connectivity index (χ3v) is 3.20. The number of rotatable bonds is 7. The van der Waals surface area contributed by atoms with Crippen LogP contribution in [0.25, 0.3) is 0 Å². The Morgan fingerprint density at radius 1 is 1.48 bits per heavy atom. The Balaban J connectivity index is 3.04. The number of non-ortho nitro benzene ring substituents is 1. The van der Waals surface area contributed by atoms with Crippen LogP contribution in [-0.4, -0.2) is 35.7 Å². The van der Waals surface area contributed by atoms with E-state index in [1.807, 2.05) is 13.8 Å². The van der Waals surface area contributed by atoms with Crippen molar-refractivity contribution in [1.29, 1.82) is 0 Å². The zero-order chi connectivity index (χ0) is 16.0. The summed E-state index contributed by atoms with van der Waals surface area (Å²) in [5, 5.41) is 22.6. The largest absolute Gasteiger partial charge is 0.496 e. The second-order valence-corrected chi connectivity index (χ2v) is 4.98. The molecule has 2 N–H and O–H groups in total. The topological polar surface area (TPSA) is 102 Å². The number of aliphatic hydroxyl groups excluding tert-OH is 1. The van der Waals surface area contributed by atoms with E-state index in [0.29, 0.717) is 6.42 Å². The molecule has 0 aliphatic carbocycles. The van der Waals surface area contributed by atoms with Gasteiger partial charge in [0.1, 0.15) is 5.75 Å². The van der Waals surface area contributed by atoms with Crippen molar-refractivity contribution in [2.45, 2.75) is 26.3 Å². The molecule has 0 fully saturated rings. The predicted molar refractivity (Wildman–Crippen MR) is 77.4 cm³/mol. The molecule has 1 aromatic carbocycles. The average Bonchev–Trinajstić information content (AvgIpc) is 2.45. The van der Waals surface area contributed by atoms with Gasteiger partial charge in [0.15, 0.2) is 0 Å². The van der Waals surface area contributed by atoms with Crippen molar-refractivity contribution in [2.24, 2.45) is 5.92 Å². The Kier molecular flexibility index (Phi) is 6.10. The van der Waals surface area contributed by atoms with Crippen LogP contribution in [0.3, 0.4) is 0 Å². The minimum Gasteiger partial charge on any atom is -0.496 e. The van der Waals surface area contributed by atoms with Crippen molar-refractivity contribution in [3.05, 3.63) is 33.9 Å². The number of nitrogens with one attached hydrogen (secondary N) is 1. The van der Waals surface area contributed by atoms with E-state index in [-0.39, 0.29) is 35.6 Å². The van der Waals surface area contributed by atoms with Gasteiger partial charge in [-0.15, -0.1) is 0 Å². The van der Waals surface area contributed by atoms with Gasteiger partial charge in [-0.1, -0.05) is 13.8 Å². The van der Waals surface area contributed by atoms with Crippen LogP contribution in [0, 0.1) is 16.0 Å². The molecule has 1 unspecified atom stereocenters. The molecule has 0 heterocycles. The van der Waals surface area contributed by atoms with Crippen molar-refractivity contribution in [3.63, 3.8) is 0 Å². The van der Waals surface area contributed by atoms with Gasteiger partial charge in [0.05, 0.1) is 17.6 Å². The average molecular weight is 296 g/mol. The first kappa shape index (κ1) is 16.9. The first-order valence-electron chi connectivity index (χ1n) is 6.64. The number of nitro benzene ring substituents is 1. The van der Waals surface area contributed by atoms with Crippen LogP contribution in [0.1, 0.15) is 30.6 Å². The van der Waals surface area contributed by atoms with E-state index in [1.165, 1.54) is 25.3 Å². The van der Waals surface area contributed by atoms with Crippen molar-refractivity contribution in [3.8, 4) is 5.75 Å². The zero-order valence-electron chi connectivity index (χ0n) is 12.3. The quantitative estimate of drug-likeness (QED) is 0.589. The normalized spacial score (nSPS) is 12.0. The van der Waals surface area contributed by atoms with E-state index in [4.69, 9.17) is 9.84 Å². The number of hydrogen-bond acceptors (Lipinski definition) is 5. The SMILES string of the molecule is COc1ccc([N+](=O)[O-])cc1C(=O)NC(CCO)C(C)C. The predicted octanol–water partition coefficient (Wildman–Crippen LogP) is 1.74. The van der Waals surface area contributed by atoms with E-state index >= 15 is 0 Å². The molecule has 7 heteroatoms. The summed E-state index contributed by atoms with van der Waals surface area (Å²) in [5.74, 6) is -0.0573. The number of nitro groups is 1. The fourth-order valence-corrected chi connectivity index (χ4v) is 1.94. The number of benzene rings is 1. The van der Waals surface area contributed by atoms with Crippen LogP contribution in [0.15, 0.2) is 18.2 Å². The molecule has 1 amide bonds. The highest BCUT2D eigenvalue weighted by Crippen LogP contribution is 2.24. The monoisotopic (exact) mass is 296 g/mol. The van der Waals surface area contributed by atoms with Crippen LogP contribution in [0.5, 0.6) is 5.75 Å². The summed E-state index contributed by atoms with van der Waals surface area (Å²) in [6.07, 6.45) is 0.417. The second-order valence-electron chi connectivity index (χ2n) is 4.98. The first-order valence-corrected chi connectivity index (χ1v) is 6.64. The van der Waals surface area contributed by atoms with Crippen molar-refractivity contribution >= 4 is 11.6 Å². The molecule has 0 aliphatic heterocycles. The fourth-order valence-electron chi connectivity index (χ4n) is 1.94. The fraction of sp³-hybridized carbons (Fsp3) is 0.500. The van der Waals surface area contributed by atoms with Gasteiger partial charge < -0.3 is 15.2 Å². The van der Waals surface area contributed by atoms with E-state index in [9.17, 15) is 14.9 Å². The second kappa shape index (κ2) is 7.58. The lowest BCUT2D eigenvalue weighted by Gasteiger charge is -2.22. The molecule has 0 spiro atoms. The van der Waals surface area contributed by atoms with Gasteiger partial charge in [0, 0.05) is 24.8 Å². The molecular formula is C14H20N2O5. The molecule has 116 valence electrons. The van der Waals surface area contributed by atoms with Gasteiger partial charge in [-0.05, 0) is 18.4 Å². The van der Waals surface area contributed by atoms with Gasteiger partial charge in [-0.3, -0.25) is 14.9 Å². The summed E-state index contributed by atoms with van der Waals surface area (Å²) in [6, 6.07) is 3.64. The molecule has 0 bridgehead atoms. The van der Waals surface area contributed by atoms with Crippen LogP contribution < -0.4 is 10.1 Å². The summed E-state index contributed by atoms with van der Waals surface area (Å²) >= 11 is 0. The summed E-state index contributed by atoms with van der Waals surface area (Å²) in [5.41, 5.74) is -0.0699. The first-order chi connectivity index (χ1) is 9.90. The lowest BCUT2D eigenvalue weighted by atomic mass is 10.0. The minimum absolute atomic E-state index is 0.0464. The summed E-state index contributed by atoms with van der Waals surface area (Å²) in [7, 11) is 1.39. The van der Waals surface area contributed by atoms with E-state index in [1.54, 1.807) is 0 Å². The number of ether oxygens (including phenoxy) is 1. The van der Waals surface area contributed by atoms with Crippen LogP contribution in [0.2, 0.25) is 0 Å². The lowest BCUT2D eigenvalue weighted by molar-refractivity contribution is -0.384. The summed E-state index contributed by atoms with van der Waals surface area (Å²) in [6.45, 7) is 3.80. The van der Waals surface area contributed by atoms with Crippen molar-refractivity contribution in [1.82, 2.24) is 5.32 Å². The molecule has 1 aromatic rings. The van der Waals surface area contributed by atoms with Crippen molar-refractivity contribution in [2.75, 3.05) is 13.7 Å². The molecule has 0 saturated heterocycles. The Morgan fingerprint density at radius 3 is 2.62 bits per heavy atom. The van der Waals surface area contributed by atoms with Gasteiger partial charge in [-0.2, -0.15) is 0 Å². The number of aliphatic hydroxyl groups is 1. The maximum atomic E-state index is 12.3. The smallest absolute Gasteiger partial charge is 0.270 e. The number of hydrogen-bond donors (Lipinski definition) is 2. The summed E-state index contributed by atoms with van der Waals surface area (Å²) < 4.78 is 5.07. The van der Waals surface area contributed by atoms with E-state index in [0.717, 1.165) is 0 Å². The van der Waals surface area contributed by atoms with Gasteiger partial charge in [-0.25, -0.2) is 0 Å². The Morgan fingerprint density at radius 2 is 2.14 bits per heavy atom.